The smallest absolute Gasteiger partial charge is 0.0502 e. The van der Waals surface area contributed by atoms with Crippen molar-refractivity contribution < 1.29 is 4.74 Å². The maximum Gasteiger partial charge on any atom is 0.0502 e. The standard InChI is InChI=1S/C16H32N2O/c1-14-5-3-7-16(9-14,12-17)13-18-8-4-6-15(10-18)11-19-2/h14-15H,3-13,17H2,1-2H3. The van der Waals surface area contributed by atoms with Gasteiger partial charge >= 0.3 is 0 Å². The van der Waals surface area contributed by atoms with Gasteiger partial charge in [-0.05, 0) is 56.0 Å². The third kappa shape index (κ3) is 4.17. The third-order valence-electron chi connectivity index (χ3n) is 5.18. The number of ether oxygens (including phenoxy) is 1. The molecule has 3 nitrogen and oxygen atoms in total. The number of rotatable bonds is 5. The quantitative estimate of drug-likeness (QED) is 0.832. The van der Waals surface area contributed by atoms with Gasteiger partial charge in [0.05, 0.1) is 6.61 Å². The van der Waals surface area contributed by atoms with Gasteiger partial charge in [0.1, 0.15) is 0 Å². The summed E-state index contributed by atoms with van der Waals surface area (Å²) in [4.78, 5) is 2.66. The molecule has 2 N–H and O–H groups in total. The Morgan fingerprint density at radius 2 is 2.16 bits per heavy atom. The molecule has 112 valence electrons. The van der Waals surface area contributed by atoms with Gasteiger partial charge < -0.3 is 15.4 Å². The van der Waals surface area contributed by atoms with Gasteiger partial charge in [-0.15, -0.1) is 0 Å². The summed E-state index contributed by atoms with van der Waals surface area (Å²) in [6, 6.07) is 0. The second-order valence-corrected chi connectivity index (χ2v) is 7.10. The van der Waals surface area contributed by atoms with E-state index >= 15 is 0 Å². The lowest BCUT2D eigenvalue weighted by Gasteiger charge is -2.44. The van der Waals surface area contributed by atoms with Gasteiger partial charge in [-0.2, -0.15) is 0 Å². The first-order valence-corrected chi connectivity index (χ1v) is 8.09. The summed E-state index contributed by atoms with van der Waals surface area (Å²) in [6.45, 7) is 7.87. The summed E-state index contributed by atoms with van der Waals surface area (Å²) < 4.78 is 5.34. The van der Waals surface area contributed by atoms with Gasteiger partial charge in [0.25, 0.3) is 0 Å². The van der Waals surface area contributed by atoms with Gasteiger partial charge in [0.15, 0.2) is 0 Å². The Bertz CT molecular complexity index is 269. The summed E-state index contributed by atoms with van der Waals surface area (Å²) in [5.74, 6) is 1.59. The molecule has 0 bridgehead atoms. The summed E-state index contributed by atoms with van der Waals surface area (Å²) in [6.07, 6.45) is 8.08. The largest absolute Gasteiger partial charge is 0.384 e. The van der Waals surface area contributed by atoms with E-state index < -0.39 is 0 Å². The second kappa shape index (κ2) is 7.05. The highest BCUT2D eigenvalue weighted by Crippen LogP contribution is 2.39. The van der Waals surface area contributed by atoms with Crippen LogP contribution in [0.15, 0.2) is 0 Å². The topological polar surface area (TPSA) is 38.5 Å². The molecule has 1 aliphatic carbocycles. The van der Waals surface area contributed by atoms with Crippen molar-refractivity contribution in [1.29, 1.82) is 0 Å². The molecule has 0 amide bonds. The van der Waals surface area contributed by atoms with Crippen LogP contribution in [0.2, 0.25) is 0 Å². The van der Waals surface area contributed by atoms with Crippen LogP contribution in [0.1, 0.15) is 45.4 Å². The van der Waals surface area contributed by atoms with E-state index in [-0.39, 0.29) is 0 Å². The minimum absolute atomic E-state index is 0.395. The maximum atomic E-state index is 6.16. The Balaban J connectivity index is 1.90. The van der Waals surface area contributed by atoms with Gasteiger partial charge in [-0.25, -0.2) is 0 Å². The molecule has 2 aliphatic rings. The van der Waals surface area contributed by atoms with Crippen molar-refractivity contribution in [2.24, 2.45) is 23.0 Å². The zero-order valence-electron chi connectivity index (χ0n) is 12.9. The molecule has 0 aromatic rings. The highest BCUT2D eigenvalue weighted by atomic mass is 16.5. The normalized spacial score (nSPS) is 37.4. The monoisotopic (exact) mass is 268 g/mol. The van der Waals surface area contributed by atoms with E-state index in [1.54, 1.807) is 0 Å². The molecule has 0 spiro atoms. The Labute approximate surface area is 118 Å². The molecule has 3 heteroatoms. The van der Waals surface area contributed by atoms with Gasteiger partial charge in [-0.3, -0.25) is 0 Å². The average molecular weight is 268 g/mol. The van der Waals surface area contributed by atoms with E-state index in [9.17, 15) is 0 Å². The fraction of sp³-hybridized carbons (Fsp3) is 1.00. The summed E-state index contributed by atoms with van der Waals surface area (Å²) in [5.41, 5.74) is 6.56. The van der Waals surface area contributed by atoms with Crippen molar-refractivity contribution in [3.05, 3.63) is 0 Å². The highest BCUT2D eigenvalue weighted by molar-refractivity contribution is 4.90. The maximum absolute atomic E-state index is 6.16. The Hall–Kier alpha value is -0.120. The van der Waals surface area contributed by atoms with Crippen LogP contribution in [0.5, 0.6) is 0 Å². The van der Waals surface area contributed by atoms with Gasteiger partial charge in [0.2, 0.25) is 0 Å². The second-order valence-electron chi connectivity index (χ2n) is 7.10. The number of hydrogen-bond acceptors (Lipinski definition) is 3. The van der Waals surface area contributed by atoms with E-state index in [0.717, 1.165) is 25.0 Å². The van der Waals surface area contributed by atoms with Crippen LogP contribution in [0.25, 0.3) is 0 Å². The van der Waals surface area contributed by atoms with Crippen LogP contribution in [-0.4, -0.2) is 44.8 Å². The van der Waals surface area contributed by atoms with Crippen LogP contribution in [0, 0.1) is 17.3 Å². The number of nitrogens with two attached hydrogens (primary N) is 1. The predicted molar refractivity (Wildman–Crippen MR) is 80.2 cm³/mol. The minimum Gasteiger partial charge on any atom is -0.384 e. The Kier molecular flexibility index (Phi) is 5.67. The molecule has 1 saturated carbocycles. The fourth-order valence-electron chi connectivity index (χ4n) is 4.30. The molecule has 0 aromatic heterocycles. The number of hydrogen-bond donors (Lipinski definition) is 1. The first kappa shape index (κ1) is 15.3. The summed E-state index contributed by atoms with van der Waals surface area (Å²) in [7, 11) is 1.82. The number of nitrogens with zero attached hydrogens (tertiary/aromatic N) is 1. The minimum atomic E-state index is 0.395. The molecule has 3 atom stereocenters. The molecule has 19 heavy (non-hydrogen) atoms. The van der Waals surface area contributed by atoms with Crippen molar-refractivity contribution in [1.82, 2.24) is 4.90 Å². The summed E-state index contributed by atoms with van der Waals surface area (Å²) in [5, 5.41) is 0. The SMILES string of the molecule is COCC1CCCN(CC2(CN)CCCC(C)C2)C1. The summed E-state index contributed by atoms with van der Waals surface area (Å²) >= 11 is 0. The zero-order valence-corrected chi connectivity index (χ0v) is 12.9. The molecule has 1 aliphatic heterocycles. The predicted octanol–water partition coefficient (Wildman–Crippen LogP) is 2.50. The van der Waals surface area contributed by atoms with Crippen molar-refractivity contribution >= 4 is 0 Å². The van der Waals surface area contributed by atoms with E-state index in [2.05, 4.69) is 11.8 Å². The molecule has 2 rings (SSSR count). The van der Waals surface area contributed by atoms with E-state index in [1.165, 1.54) is 58.2 Å². The molecular weight excluding hydrogens is 236 g/mol. The van der Waals surface area contributed by atoms with Crippen molar-refractivity contribution in [2.75, 3.05) is 39.9 Å². The van der Waals surface area contributed by atoms with Crippen LogP contribution in [0.3, 0.4) is 0 Å². The third-order valence-corrected chi connectivity index (χ3v) is 5.18. The van der Waals surface area contributed by atoms with E-state index in [1.807, 2.05) is 7.11 Å². The molecule has 1 heterocycles. The zero-order chi connectivity index (χ0) is 13.7. The van der Waals surface area contributed by atoms with Crippen molar-refractivity contribution in [2.45, 2.75) is 45.4 Å². The first-order chi connectivity index (χ1) is 9.17. The van der Waals surface area contributed by atoms with Crippen LogP contribution in [0.4, 0.5) is 0 Å². The van der Waals surface area contributed by atoms with Gasteiger partial charge in [-0.1, -0.05) is 19.8 Å². The molecule has 3 unspecified atom stereocenters. The lowest BCUT2D eigenvalue weighted by Crippen LogP contribution is -2.48. The molecular formula is C16H32N2O. The number of likely N-dealkylation sites (tertiary alicyclic amines) is 1. The Morgan fingerprint density at radius 1 is 1.32 bits per heavy atom. The van der Waals surface area contributed by atoms with Crippen LogP contribution in [-0.2, 0) is 4.74 Å². The van der Waals surface area contributed by atoms with Crippen molar-refractivity contribution in [3.8, 4) is 0 Å². The lowest BCUT2D eigenvalue weighted by atomic mass is 9.69. The molecule has 0 aromatic carbocycles. The molecule has 1 saturated heterocycles. The lowest BCUT2D eigenvalue weighted by molar-refractivity contribution is 0.0421. The van der Waals surface area contributed by atoms with E-state index in [0.29, 0.717) is 5.41 Å². The first-order valence-electron chi connectivity index (χ1n) is 8.09. The highest BCUT2D eigenvalue weighted by Gasteiger charge is 2.36. The molecule has 0 radical (unpaired) electrons. The van der Waals surface area contributed by atoms with Crippen LogP contribution >= 0.6 is 0 Å². The van der Waals surface area contributed by atoms with E-state index in [4.69, 9.17) is 10.5 Å². The number of methoxy groups -OCH3 is 1. The molecule has 2 fully saturated rings. The van der Waals surface area contributed by atoms with Gasteiger partial charge in [0, 0.05) is 20.2 Å². The number of piperidine rings is 1. The Morgan fingerprint density at radius 3 is 2.84 bits per heavy atom. The van der Waals surface area contributed by atoms with Crippen molar-refractivity contribution in [3.63, 3.8) is 0 Å². The average Bonchev–Trinajstić information content (AvgIpc) is 2.39. The fourth-order valence-corrected chi connectivity index (χ4v) is 4.30. The van der Waals surface area contributed by atoms with Crippen LogP contribution < -0.4 is 5.73 Å².